The van der Waals surface area contributed by atoms with E-state index in [1.807, 2.05) is 20.8 Å². The van der Waals surface area contributed by atoms with Crippen LogP contribution in [0.1, 0.15) is 20.8 Å². The number of methoxy groups -OCH3 is 1. The first-order valence-electron chi connectivity index (χ1n) is 6.88. The highest BCUT2D eigenvalue weighted by molar-refractivity contribution is 5.85. The second kappa shape index (κ2) is 9.36. The molecule has 0 aromatic rings. The molecule has 0 heterocycles. The van der Waals surface area contributed by atoms with Gasteiger partial charge in [0, 0.05) is 19.2 Å². The number of nitrogens with one attached hydrogen (secondary N) is 4. The van der Waals surface area contributed by atoms with Crippen LogP contribution in [0.2, 0.25) is 0 Å². The topological polar surface area (TPSA) is 91.5 Å². The molecular weight excluding hydrogens is 272 g/mol. The third-order valence-electron chi connectivity index (χ3n) is 2.61. The molecule has 0 aliphatic carbocycles. The molecule has 0 saturated heterocycles. The van der Waals surface area contributed by atoms with Gasteiger partial charge in [-0.1, -0.05) is 6.58 Å². The average molecular weight is 300 g/mol. The number of ether oxygens (including phenoxy) is 1. The van der Waals surface area contributed by atoms with Crippen molar-refractivity contribution < 1.29 is 14.3 Å². The Hall–Kier alpha value is -1.60. The second-order valence-electron chi connectivity index (χ2n) is 5.70. The van der Waals surface area contributed by atoms with Gasteiger partial charge in [0.2, 0.25) is 11.8 Å². The standard InChI is InChI=1S/C14H28N4O3/c1-7-16-10(13(20)18-14(2,3)4)8-17-12(19)11(15-5)9-21-6/h7,10-11,15-16H,1,8-9H2,2-6H3,(H,17,19)(H,18,20)/t10-,11-/m0/s1. The van der Waals surface area contributed by atoms with Crippen molar-refractivity contribution >= 4 is 11.8 Å². The van der Waals surface area contributed by atoms with Gasteiger partial charge in [0.1, 0.15) is 12.1 Å². The Morgan fingerprint density at radius 1 is 1.24 bits per heavy atom. The first kappa shape index (κ1) is 19.4. The predicted octanol–water partition coefficient (Wildman–Crippen LogP) is -0.647. The predicted molar refractivity (Wildman–Crippen MR) is 82.7 cm³/mol. The van der Waals surface area contributed by atoms with Gasteiger partial charge in [0.15, 0.2) is 0 Å². The molecule has 0 aromatic heterocycles. The molecule has 4 N–H and O–H groups in total. The summed E-state index contributed by atoms with van der Waals surface area (Å²) in [6.07, 6.45) is 1.43. The molecule has 0 unspecified atom stereocenters. The molecule has 0 aromatic carbocycles. The molecule has 0 aliphatic rings. The molecule has 0 rings (SSSR count). The van der Waals surface area contributed by atoms with Gasteiger partial charge < -0.3 is 26.0 Å². The Morgan fingerprint density at radius 3 is 2.29 bits per heavy atom. The average Bonchev–Trinajstić information content (AvgIpc) is 2.38. The summed E-state index contributed by atoms with van der Waals surface area (Å²) in [7, 11) is 3.20. The van der Waals surface area contributed by atoms with Crippen molar-refractivity contribution in [2.24, 2.45) is 0 Å². The SMILES string of the molecule is C=CN[C@@H](CNC(=O)[C@H](COC)NC)C(=O)NC(C)(C)C. The highest BCUT2D eigenvalue weighted by atomic mass is 16.5. The lowest BCUT2D eigenvalue weighted by Gasteiger charge is -2.25. The van der Waals surface area contributed by atoms with E-state index in [0.717, 1.165) is 0 Å². The normalized spacial score (nSPS) is 14.0. The number of likely N-dealkylation sites (N-methyl/N-ethyl adjacent to an activating group) is 1. The van der Waals surface area contributed by atoms with Gasteiger partial charge in [-0.2, -0.15) is 0 Å². The fourth-order valence-electron chi connectivity index (χ4n) is 1.61. The zero-order valence-electron chi connectivity index (χ0n) is 13.6. The summed E-state index contributed by atoms with van der Waals surface area (Å²) in [5, 5.41) is 11.3. The zero-order valence-corrected chi connectivity index (χ0v) is 13.6. The van der Waals surface area contributed by atoms with Crippen LogP contribution in [0.15, 0.2) is 12.8 Å². The van der Waals surface area contributed by atoms with Gasteiger partial charge in [-0.05, 0) is 34.0 Å². The number of hydrogen-bond donors (Lipinski definition) is 4. The minimum Gasteiger partial charge on any atom is -0.383 e. The van der Waals surface area contributed by atoms with Gasteiger partial charge in [-0.15, -0.1) is 0 Å². The third-order valence-corrected chi connectivity index (χ3v) is 2.61. The van der Waals surface area contributed by atoms with Crippen molar-refractivity contribution in [1.82, 2.24) is 21.3 Å². The molecule has 21 heavy (non-hydrogen) atoms. The Bertz CT molecular complexity index is 353. The van der Waals surface area contributed by atoms with Crippen molar-refractivity contribution in [3.63, 3.8) is 0 Å². The largest absolute Gasteiger partial charge is 0.383 e. The maximum atomic E-state index is 12.1. The third kappa shape index (κ3) is 8.31. The number of hydrogen-bond acceptors (Lipinski definition) is 5. The van der Waals surface area contributed by atoms with Crippen molar-refractivity contribution in [2.45, 2.75) is 38.4 Å². The van der Waals surface area contributed by atoms with E-state index in [1.54, 1.807) is 7.05 Å². The van der Waals surface area contributed by atoms with Gasteiger partial charge in [0.05, 0.1) is 6.61 Å². The number of carbonyl (C=O) groups excluding carboxylic acids is 2. The number of carbonyl (C=O) groups is 2. The molecule has 122 valence electrons. The molecule has 0 radical (unpaired) electrons. The highest BCUT2D eigenvalue weighted by Crippen LogP contribution is 1.99. The molecule has 0 saturated carbocycles. The molecule has 7 heteroatoms. The fraction of sp³-hybridized carbons (Fsp3) is 0.714. The van der Waals surface area contributed by atoms with E-state index in [0.29, 0.717) is 0 Å². The molecular formula is C14H28N4O3. The van der Waals surface area contributed by atoms with Crippen molar-refractivity contribution in [2.75, 3.05) is 27.3 Å². The van der Waals surface area contributed by atoms with E-state index in [1.165, 1.54) is 13.3 Å². The van der Waals surface area contributed by atoms with E-state index in [2.05, 4.69) is 27.8 Å². The maximum absolute atomic E-state index is 12.1. The van der Waals surface area contributed by atoms with Crippen LogP contribution in [0.3, 0.4) is 0 Å². The zero-order chi connectivity index (χ0) is 16.5. The van der Waals surface area contributed by atoms with Crippen LogP contribution >= 0.6 is 0 Å². The molecule has 0 fully saturated rings. The summed E-state index contributed by atoms with van der Waals surface area (Å²) in [4.78, 5) is 24.1. The van der Waals surface area contributed by atoms with Crippen LogP contribution in [0.5, 0.6) is 0 Å². The number of rotatable bonds is 9. The fourth-order valence-corrected chi connectivity index (χ4v) is 1.61. The molecule has 0 spiro atoms. The summed E-state index contributed by atoms with van der Waals surface area (Å²) in [6.45, 7) is 9.65. The summed E-state index contributed by atoms with van der Waals surface area (Å²) in [6, 6.07) is -1.03. The van der Waals surface area contributed by atoms with Crippen molar-refractivity contribution in [3.05, 3.63) is 12.8 Å². The number of amides is 2. The van der Waals surface area contributed by atoms with Crippen LogP contribution in [0.25, 0.3) is 0 Å². The summed E-state index contributed by atoms with van der Waals surface area (Å²) >= 11 is 0. The molecule has 0 bridgehead atoms. The van der Waals surface area contributed by atoms with Crippen molar-refractivity contribution in [1.29, 1.82) is 0 Å². The Kier molecular flexibility index (Phi) is 8.64. The van der Waals surface area contributed by atoms with Crippen molar-refractivity contribution in [3.8, 4) is 0 Å². The summed E-state index contributed by atoms with van der Waals surface area (Å²) < 4.78 is 4.95. The Balaban J connectivity index is 4.54. The van der Waals surface area contributed by atoms with Crippen LogP contribution in [-0.4, -0.2) is 56.7 Å². The second-order valence-corrected chi connectivity index (χ2v) is 5.70. The van der Waals surface area contributed by atoms with E-state index in [4.69, 9.17) is 4.74 Å². The lowest BCUT2D eigenvalue weighted by Crippen LogP contribution is -2.55. The highest BCUT2D eigenvalue weighted by Gasteiger charge is 2.24. The van der Waals surface area contributed by atoms with E-state index in [-0.39, 0.29) is 30.5 Å². The Morgan fingerprint density at radius 2 is 1.86 bits per heavy atom. The van der Waals surface area contributed by atoms with Crippen LogP contribution in [0, 0.1) is 0 Å². The van der Waals surface area contributed by atoms with Crippen LogP contribution in [0.4, 0.5) is 0 Å². The molecule has 0 aliphatic heterocycles. The van der Waals surface area contributed by atoms with E-state index in [9.17, 15) is 9.59 Å². The lowest BCUT2D eigenvalue weighted by atomic mass is 10.1. The smallest absolute Gasteiger partial charge is 0.244 e. The van der Waals surface area contributed by atoms with Crippen LogP contribution < -0.4 is 21.3 Å². The molecule has 7 nitrogen and oxygen atoms in total. The van der Waals surface area contributed by atoms with Crippen LogP contribution in [-0.2, 0) is 14.3 Å². The van der Waals surface area contributed by atoms with Gasteiger partial charge in [0.25, 0.3) is 0 Å². The molecule has 2 amide bonds. The molecule has 2 atom stereocenters. The monoisotopic (exact) mass is 300 g/mol. The van der Waals surface area contributed by atoms with Gasteiger partial charge in [-0.25, -0.2) is 0 Å². The van der Waals surface area contributed by atoms with Gasteiger partial charge in [-0.3, -0.25) is 9.59 Å². The lowest BCUT2D eigenvalue weighted by molar-refractivity contribution is -0.126. The first-order chi connectivity index (χ1) is 9.75. The van der Waals surface area contributed by atoms with Gasteiger partial charge >= 0.3 is 0 Å². The maximum Gasteiger partial charge on any atom is 0.244 e. The quantitative estimate of drug-likeness (QED) is 0.454. The van der Waals surface area contributed by atoms with E-state index < -0.39 is 12.1 Å². The minimum atomic E-state index is -0.578. The van der Waals surface area contributed by atoms with E-state index >= 15 is 0 Å². The Labute approximate surface area is 126 Å². The summed E-state index contributed by atoms with van der Waals surface area (Å²) in [5.41, 5.74) is -0.342. The minimum absolute atomic E-state index is 0.161. The first-order valence-corrected chi connectivity index (χ1v) is 6.88. The summed E-state index contributed by atoms with van der Waals surface area (Å²) in [5.74, 6) is -0.422.